The maximum atomic E-state index is 13.8. The van der Waals surface area contributed by atoms with Crippen LogP contribution in [0.5, 0.6) is 0 Å². The minimum Gasteiger partial charge on any atom is -0.392 e. The topological polar surface area (TPSA) is 20.2 Å². The highest BCUT2D eigenvalue weighted by molar-refractivity contribution is 7.99. The first-order valence-corrected chi connectivity index (χ1v) is 11.5. The zero-order chi connectivity index (χ0) is 22.2. The Balaban J connectivity index is 1.67. The van der Waals surface area contributed by atoms with Gasteiger partial charge in [-0.3, -0.25) is 0 Å². The lowest BCUT2D eigenvalue weighted by atomic mass is 9.96. The summed E-state index contributed by atoms with van der Waals surface area (Å²) >= 11 is 1.78. The van der Waals surface area contributed by atoms with Gasteiger partial charge >= 0.3 is 0 Å². The van der Waals surface area contributed by atoms with Crippen LogP contribution in [0.1, 0.15) is 47.1 Å². The Morgan fingerprint density at radius 3 is 2.23 bits per heavy atom. The number of rotatable bonds is 9. The van der Waals surface area contributed by atoms with Gasteiger partial charge in [0.15, 0.2) is 0 Å². The second-order valence-corrected chi connectivity index (χ2v) is 8.95. The number of hydrogen-bond donors (Lipinski definition) is 1. The summed E-state index contributed by atoms with van der Waals surface area (Å²) in [6.07, 6.45) is 4.71. The van der Waals surface area contributed by atoms with Crippen molar-refractivity contribution in [1.82, 2.24) is 0 Å². The molecule has 0 unspecified atom stereocenters. The minimum atomic E-state index is -0.553. The molecule has 3 rings (SSSR count). The van der Waals surface area contributed by atoms with Crippen LogP contribution < -0.4 is 0 Å². The molecule has 4 heteroatoms. The standard InChI is InChI=1S/C27H28F2OS/c1-19-6-7-22(13-20(19)2)14-23(24-15-25(28)17-26(29)16-24)5-3-4-12-31-27-10-8-21(18-30)9-11-27/h6-11,13-17,30H,3-5,12,18H2,1-2H3/b23-14-. The molecule has 1 nitrogen and oxygen atoms in total. The van der Waals surface area contributed by atoms with Gasteiger partial charge in [-0.05, 0) is 96.5 Å². The average molecular weight is 439 g/mol. The van der Waals surface area contributed by atoms with E-state index in [2.05, 4.69) is 26.0 Å². The van der Waals surface area contributed by atoms with Crippen molar-refractivity contribution in [2.24, 2.45) is 0 Å². The van der Waals surface area contributed by atoms with Gasteiger partial charge < -0.3 is 5.11 Å². The van der Waals surface area contributed by atoms with Crippen LogP contribution in [0.15, 0.2) is 65.6 Å². The van der Waals surface area contributed by atoms with E-state index < -0.39 is 11.6 Å². The molecule has 0 aliphatic carbocycles. The third-order valence-corrected chi connectivity index (χ3v) is 6.42. The summed E-state index contributed by atoms with van der Waals surface area (Å²) in [5.74, 6) is -0.141. The highest BCUT2D eigenvalue weighted by Crippen LogP contribution is 2.27. The molecule has 0 aliphatic heterocycles. The largest absolute Gasteiger partial charge is 0.392 e. The molecule has 162 valence electrons. The number of aliphatic hydroxyl groups is 1. The molecular formula is C27H28F2OS. The van der Waals surface area contributed by atoms with Crippen molar-refractivity contribution in [1.29, 1.82) is 0 Å². The zero-order valence-corrected chi connectivity index (χ0v) is 18.8. The second-order valence-electron chi connectivity index (χ2n) is 7.78. The molecule has 0 heterocycles. The molecule has 1 N–H and O–H groups in total. The Morgan fingerprint density at radius 2 is 1.58 bits per heavy atom. The molecular weight excluding hydrogens is 410 g/mol. The van der Waals surface area contributed by atoms with E-state index in [4.69, 9.17) is 5.11 Å². The highest BCUT2D eigenvalue weighted by Gasteiger charge is 2.08. The van der Waals surface area contributed by atoms with Crippen LogP contribution in [-0.2, 0) is 6.61 Å². The number of aliphatic hydroxyl groups excluding tert-OH is 1. The van der Waals surface area contributed by atoms with E-state index >= 15 is 0 Å². The molecule has 0 aliphatic rings. The van der Waals surface area contributed by atoms with E-state index in [0.717, 1.165) is 47.8 Å². The van der Waals surface area contributed by atoms with Gasteiger partial charge in [0.2, 0.25) is 0 Å². The Labute approximate surface area is 187 Å². The van der Waals surface area contributed by atoms with Crippen molar-refractivity contribution in [3.05, 3.63) is 100 Å². The second kappa shape index (κ2) is 11.3. The van der Waals surface area contributed by atoms with E-state index in [9.17, 15) is 8.78 Å². The normalized spacial score (nSPS) is 11.7. The quantitative estimate of drug-likeness (QED) is 0.211. The van der Waals surface area contributed by atoms with Gasteiger partial charge in [-0.15, -0.1) is 11.8 Å². The van der Waals surface area contributed by atoms with Crippen LogP contribution in [0.2, 0.25) is 0 Å². The summed E-state index contributed by atoms with van der Waals surface area (Å²) in [5.41, 5.74) is 5.91. The van der Waals surface area contributed by atoms with Crippen LogP contribution in [0.3, 0.4) is 0 Å². The Morgan fingerprint density at radius 1 is 0.871 bits per heavy atom. The molecule has 0 amide bonds. The van der Waals surface area contributed by atoms with Crippen LogP contribution in [0, 0.1) is 25.5 Å². The lowest BCUT2D eigenvalue weighted by molar-refractivity contribution is 0.282. The maximum absolute atomic E-state index is 13.8. The van der Waals surface area contributed by atoms with Gasteiger partial charge in [0.25, 0.3) is 0 Å². The monoisotopic (exact) mass is 438 g/mol. The van der Waals surface area contributed by atoms with Gasteiger partial charge in [0.05, 0.1) is 6.61 Å². The fraction of sp³-hybridized carbons (Fsp3) is 0.259. The SMILES string of the molecule is Cc1ccc(/C=C(/CCCCSc2ccc(CO)cc2)c2cc(F)cc(F)c2)cc1C. The average Bonchev–Trinajstić information content (AvgIpc) is 2.75. The van der Waals surface area contributed by atoms with E-state index in [-0.39, 0.29) is 6.61 Å². The minimum absolute atomic E-state index is 0.0568. The van der Waals surface area contributed by atoms with Crippen LogP contribution >= 0.6 is 11.8 Å². The molecule has 0 aromatic heterocycles. The summed E-state index contributed by atoms with van der Waals surface area (Å²) in [7, 11) is 0. The summed E-state index contributed by atoms with van der Waals surface area (Å²) in [6, 6.07) is 17.9. The van der Waals surface area contributed by atoms with Crippen molar-refractivity contribution < 1.29 is 13.9 Å². The fourth-order valence-corrected chi connectivity index (χ4v) is 4.31. The van der Waals surface area contributed by atoms with Crippen LogP contribution in [-0.4, -0.2) is 10.9 Å². The molecule has 0 saturated carbocycles. The summed E-state index contributed by atoms with van der Waals surface area (Å²) in [5, 5.41) is 9.13. The lowest BCUT2D eigenvalue weighted by Crippen LogP contribution is -1.92. The third-order valence-electron chi connectivity index (χ3n) is 5.32. The highest BCUT2D eigenvalue weighted by atomic mass is 32.2. The summed E-state index contributed by atoms with van der Waals surface area (Å²) in [4.78, 5) is 1.18. The van der Waals surface area contributed by atoms with E-state index in [1.165, 1.54) is 28.2 Å². The molecule has 0 saturated heterocycles. The molecule has 0 fully saturated rings. The predicted octanol–water partition coefficient (Wildman–Crippen LogP) is 7.58. The van der Waals surface area contributed by atoms with Crippen molar-refractivity contribution in [3.8, 4) is 0 Å². The smallest absolute Gasteiger partial charge is 0.126 e. The molecule has 3 aromatic rings. The maximum Gasteiger partial charge on any atom is 0.126 e. The Hall–Kier alpha value is -2.43. The lowest BCUT2D eigenvalue weighted by Gasteiger charge is -2.11. The Bertz CT molecular complexity index is 1020. The third kappa shape index (κ3) is 7.05. The number of halogens is 2. The number of benzene rings is 3. The van der Waals surface area contributed by atoms with Gasteiger partial charge in [0, 0.05) is 11.0 Å². The fourth-order valence-electron chi connectivity index (χ4n) is 3.39. The van der Waals surface area contributed by atoms with Crippen molar-refractivity contribution in [2.75, 3.05) is 5.75 Å². The van der Waals surface area contributed by atoms with Gasteiger partial charge in [-0.1, -0.05) is 36.4 Å². The summed E-state index contributed by atoms with van der Waals surface area (Å²) in [6.45, 7) is 4.19. The molecule has 0 atom stereocenters. The van der Waals surface area contributed by atoms with Crippen molar-refractivity contribution in [3.63, 3.8) is 0 Å². The summed E-state index contributed by atoms with van der Waals surface area (Å²) < 4.78 is 27.7. The van der Waals surface area contributed by atoms with Crippen molar-refractivity contribution >= 4 is 23.4 Å². The zero-order valence-electron chi connectivity index (χ0n) is 18.0. The van der Waals surface area contributed by atoms with Gasteiger partial charge in [-0.2, -0.15) is 0 Å². The first kappa shape index (κ1) is 23.2. The Kier molecular flexibility index (Phi) is 8.44. The molecule has 3 aromatic carbocycles. The first-order chi connectivity index (χ1) is 14.9. The van der Waals surface area contributed by atoms with E-state index in [0.29, 0.717) is 5.56 Å². The van der Waals surface area contributed by atoms with Gasteiger partial charge in [-0.25, -0.2) is 8.78 Å². The van der Waals surface area contributed by atoms with E-state index in [1.807, 2.05) is 36.4 Å². The van der Waals surface area contributed by atoms with E-state index in [1.54, 1.807) is 11.8 Å². The number of aryl methyl sites for hydroxylation is 2. The number of hydrogen-bond acceptors (Lipinski definition) is 2. The number of allylic oxidation sites excluding steroid dienone is 1. The molecule has 0 spiro atoms. The molecule has 0 bridgehead atoms. The van der Waals surface area contributed by atoms with Crippen molar-refractivity contribution in [2.45, 2.75) is 44.6 Å². The van der Waals surface area contributed by atoms with Crippen LogP contribution in [0.25, 0.3) is 11.6 Å². The number of thioether (sulfide) groups is 1. The number of unbranched alkanes of at least 4 members (excludes halogenated alkanes) is 1. The first-order valence-electron chi connectivity index (χ1n) is 10.5. The van der Waals surface area contributed by atoms with Crippen LogP contribution in [0.4, 0.5) is 8.78 Å². The molecule has 31 heavy (non-hydrogen) atoms. The van der Waals surface area contributed by atoms with Gasteiger partial charge in [0.1, 0.15) is 11.6 Å². The predicted molar refractivity (Wildman–Crippen MR) is 127 cm³/mol. The molecule has 0 radical (unpaired) electrons.